The molecule has 0 unspecified atom stereocenters. The summed E-state index contributed by atoms with van der Waals surface area (Å²) in [6.45, 7) is 6.89. The quantitative estimate of drug-likeness (QED) is 0.651. The molecular formula is C14H20. The van der Waals surface area contributed by atoms with Crippen molar-refractivity contribution in [2.24, 2.45) is 0 Å². The van der Waals surface area contributed by atoms with Gasteiger partial charge in [0.1, 0.15) is 0 Å². The number of benzene rings is 1. The fourth-order valence-corrected chi connectivity index (χ4v) is 2.27. The summed E-state index contributed by atoms with van der Waals surface area (Å²) in [7, 11) is 0. The molecule has 0 heterocycles. The van der Waals surface area contributed by atoms with E-state index in [0.717, 1.165) is 0 Å². The van der Waals surface area contributed by atoms with E-state index < -0.39 is 0 Å². The standard InChI is InChI=1S/C14H20/c1-11(2)12-5-7-13(8-6-12)14(3)9-4-10-14/h5-8,11H,4,9-10H2,1-3H3. The molecule has 0 heteroatoms. The molecule has 0 nitrogen and oxygen atoms in total. The van der Waals surface area contributed by atoms with Crippen LogP contribution in [0, 0.1) is 0 Å². The predicted molar refractivity (Wildman–Crippen MR) is 61.7 cm³/mol. The predicted octanol–water partition coefficient (Wildman–Crippen LogP) is 4.25. The van der Waals surface area contributed by atoms with Crippen LogP contribution in [-0.2, 0) is 5.41 Å². The maximum Gasteiger partial charge on any atom is -0.00752 e. The summed E-state index contributed by atoms with van der Waals surface area (Å²) in [4.78, 5) is 0. The normalized spacial score (nSPS) is 19.4. The van der Waals surface area contributed by atoms with Crippen LogP contribution in [0.4, 0.5) is 0 Å². The fraction of sp³-hybridized carbons (Fsp3) is 0.571. The molecule has 0 aromatic heterocycles. The Morgan fingerprint density at radius 1 is 1.07 bits per heavy atom. The van der Waals surface area contributed by atoms with Gasteiger partial charge >= 0.3 is 0 Å². The van der Waals surface area contributed by atoms with Gasteiger partial charge in [-0.3, -0.25) is 0 Å². The van der Waals surface area contributed by atoms with Crippen molar-refractivity contribution in [2.45, 2.75) is 51.4 Å². The minimum Gasteiger partial charge on any atom is -0.0587 e. The Morgan fingerprint density at radius 3 is 2.00 bits per heavy atom. The molecule has 76 valence electrons. The zero-order chi connectivity index (χ0) is 10.2. The Hall–Kier alpha value is -0.780. The van der Waals surface area contributed by atoms with E-state index in [9.17, 15) is 0 Å². The number of hydrogen-bond donors (Lipinski definition) is 0. The number of rotatable bonds is 2. The lowest BCUT2D eigenvalue weighted by Crippen LogP contribution is -2.30. The summed E-state index contributed by atoms with van der Waals surface area (Å²) < 4.78 is 0. The Bertz CT molecular complexity index is 301. The van der Waals surface area contributed by atoms with Crippen molar-refractivity contribution in [1.29, 1.82) is 0 Å². The topological polar surface area (TPSA) is 0 Å². The van der Waals surface area contributed by atoms with E-state index in [4.69, 9.17) is 0 Å². The minimum atomic E-state index is 0.496. The first kappa shape index (κ1) is 9.76. The van der Waals surface area contributed by atoms with Crippen molar-refractivity contribution in [3.05, 3.63) is 35.4 Å². The van der Waals surface area contributed by atoms with Crippen molar-refractivity contribution >= 4 is 0 Å². The van der Waals surface area contributed by atoms with Crippen LogP contribution in [0.3, 0.4) is 0 Å². The van der Waals surface area contributed by atoms with E-state index in [1.807, 2.05) is 0 Å². The van der Waals surface area contributed by atoms with E-state index in [-0.39, 0.29) is 0 Å². The van der Waals surface area contributed by atoms with Crippen molar-refractivity contribution in [3.8, 4) is 0 Å². The van der Waals surface area contributed by atoms with Crippen LogP contribution in [0.1, 0.15) is 57.1 Å². The molecule has 0 N–H and O–H groups in total. The van der Waals surface area contributed by atoms with Gasteiger partial charge in [-0.1, -0.05) is 51.5 Å². The Balaban J connectivity index is 2.21. The van der Waals surface area contributed by atoms with Crippen LogP contribution in [-0.4, -0.2) is 0 Å². The molecule has 1 fully saturated rings. The van der Waals surface area contributed by atoms with Gasteiger partial charge < -0.3 is 0 Å². The molecular weight excluding hydrogens is 168 g/mol. The van der Waals surface area contributed by atoms with Gasteiger partial charge in [-0.05, 0) is 35.3 Å². The van der Waals surface area contributed by atoms with Crippen LogP contribution in [0.15, 0.2) is 24.3 Å². The van der Waals surface area contributed by atoms with Crippen LogP contribution in [0.5, 0.6) is 0 Å². The lowest BCUT2D eigenvalue weighted by Gasteiger charge is -2.39. The summed E-state index contributed by atoms with van der Waals surface area (Å²) in [5.74, 6) is 0.651. The zero-order valence-corrected chi connectivity index (χ0v) is 9.51. The van der Waals surface area contributed by atoms with E-state index in [0.29, 0.717) is 11.3 Å². The molecule has 1 aliphatic carbocycles. The minimum absolute atomic E-state index is 0.496. The smallest absolute Gasteiger partial charge is 0.00752 e. The summed E-state index contributed by atoms with van der Waals surface area (Å²) >= 11 is 0. The van der Waals surface area contributed by atoms with Crippen molar-refractivity contribution < 1.29 is 0 Å². The Morgan fingerprint density at radius 2 is 1.64 bits per heavy atom. The summed E-state index contributed by atoms with van der Waals surface area (Å²) in [5.41, 5.74) is 3.49. The lowest BCUT2D eigenvalue weighted by atomic mass is 9.66. The zero-order valence-electron chi connectivity index (χ0n) is 9.51. The van der Waals surface area contributed by atoms with Crippen molar-refractivity contribution in [2.75, 3.05) is 0 Å². The first-order valence-corrected chi connectivity index (χ1v) is 5.72. The fourth-order valence-electron chi connectivity index (χ4n) is 2.27. The van der Waals surface area contributed by atoms with Gasteiger partial charge in [0, 0.05) is 0 Å². The lowest BCUT2D eigenvalue weighted by molar-refractivity contribution is 0.272. The van der Waals surface area contributed by atoms with Gasteiger partial charge in [-0.15, -0.1) is 0 Å². The molecule has 0 spiro atoms. The summed E-state index contributed by atoms with van der Waals surface area (Å²) in [5, 5.41) is 0. The molecule has 0 bridgehead atoms. The Kier molecular flexibility index (Phi) is 2.38. The molecule has 0 aliphatic heterocycles. The molecule has 0 atom stereocenters. The average Bonchev–Trinajstić information content (AvgIpc) is 2.14. The molecule has 1 aromatic rings. The molecule has 1 saturated carbocycles. The van der Waals surface area contributed by atoms with Crippen LogP contribution >= 0.6 is 0 Å². The monoisotopic (exact) mass is 188 g/mol. The van der Waals surface area contributed by atoms with E-state index in [1.54, 1.807) is 0 Å². The molecule has 14 heavy (non-hydrogen) atoms. The van der Waals surface area contributed by atoms with Crippen molar-refractivity contribution in [1.82, 2.24) is 0 Å². The summed E-state index contributed by atoms with van der Waals surface area (Å²) in [6, 6.07) is 9.25. The van der Waals surface area contributed by atoms with E-state index in [2.05, 4.69) is 45.0 Å². The third-order valence-electron chi connectivity index (χ3n) is 3.73. The van der Waals surface area contributed by atoms with Gasteiger partial charge in [0.2, 0.25) is 0 Å². The van der Waals surface area contributed by atoms with Crippen LogP contribution in [0.2, 0.25) is 0 Å². The first-order valence-electron chi connectivity index (χ1n) is 5.72. The largest absolute Gasteiger partial charge is 0.0587 e. The van der Waals surface area contributed by atoms with E-state index in [1.165, 1.54) is 30.4 Å². The van der Waals surface area contributed by atoms with Gasteiger partial charge in [-0.2, -0.15) is 0 Å². The molecule has 0 radical (unpaired) electrons. The van der Waals surface area contributed by atoms with Gasteiger partial charge in [0.05, 0.1) is 0 Å². The highest BCUT2D eigenvalue weighted by atomic mass is 14.4. The number of hydrogen-bond acceptors (Lipinski definition) is 0. The highest BCUT2D eigenvalue weighted by molar-refractivity contribution is 5.31. The Labute approximate surface area is 87.3 Å². The van der Waals surface area contributed by atoms with Crippen molar-refractivity contribution in [3.63, 3.8) is 0 Å². The summed E-state index contributed by atoms with van der Waals surface area (Å²) in [6.07, 6.45) is 4.14. The van der Waals surface area contributed by atoms with Crippen LogP contribution in [0.25, 0.3) is 0 Å². The second-order valence-corrected chi connectivity index (χ2v) is 5.19. The third-order valence-corrected chi connectivity index (χ3v) is 3.73. The maximum absolute atomic E-state index is 2.39. The SMILES string of the molecule is CC(C)c1ccc(C2(C)CCC2)cc1. The molecule has 0 amide bonds. The molecule has 1 aliphatic rings. The van der Waals surface area contributed by atoms with E-state index >= 15 is 0 Å². The maximum atomic E-state index is 2.39. The molecule has 1 aromatic carbocycles. The molecule has 2 rings (SSSR count). The highest BCUT2D eigenvalue weighted by Crippen LogP contribution is 2.43. The highest BCUT2D eigenvalue weighted by Gasteiger charge is 2.33. The molecule has 0 saturated heterocycles. The second kappa shape index (κ2) is 3.42. The third kappa shape index (κ3) is 1.58. The van der Waals surface area contributed by atoms with Gasteiger partial charge in [-0.25, -0.2) is 0 Å². The van der Waals surface area contributed by atoms with Gasteiger partial charge in [0.15, 0.2) is 0 Å². The first-order chi connectivity index (χ1) is 6.62. The second-order valence-electron chi connectivity index (χ2n) is 5.19. The van der Waals surface area contributed by atoms with Gasteiger partial charge in [0.25, 0.3) is 0 Å². The average molecular weight is 188 g/mol. The van der Waals surface area contributed by atoms with Crippen LogP contribution < -0.4 is 0 Å².